The second kappa shape index (κ2) is 6.99. The summed E-state index contributed by atoms with van der Waals surface area (Å²) in [7, 11) is 0. The molecule has 2 aromatic rings. The average Bonchev–Trinajstić information content (AvgIpc) is 2.71. The van der Waals surface area contributed by atoms with Crippen molar-refractivity contribution in [2.45, 2.75) is 46.3 Å². The van der Waals surface area contributed by atoms with Gasteiger partial charge in [0, 0.05) is 28.4 Å². The third-order valence-corrected chi connectivity index (χ3v) is 4.47. The molecule has 126 valence electrons. The van der Waals surface area contributed by atoms with E-state index in [2.05, 4.69) is 10.4 Å². The highest BCUT2D eigenvalue weighted by atomic mass is 35.5. The van der Waals surface area contributed by atoms with E-state index < -0.39 is 5.54 Å². The number of aromatic nitrogens is 2. The molecular weight excluding hydrogens is 317 g/mol. The first-order valence-electron chi connectivity index (χ1n) is 7.60. The van der Waals surface area contributed by atoms with E-state index >= 15 is 0 Å². The number of halogens is 2. The van der Waals surface area contributed by atoms with Crippen LogP contribution < -0.4 is 5.32 Å². The van der Waals surface area contributed by atoms with Crippen LogP contribution in [0.3, 0.4) is 0 Å². The van der Waals surface area contributed by atoms with Crippen LogP contribution in [0.5, 0.6) is 0 Å². The summed E-state index contributed by atoms with van der Waals surface area (Å²) in [6.45, 7) is 9.12. The summed E-state index contributed by atoms with van der Waals surface area (Å²) in [5, 5.41) is 17.4. The van der Waals surface area contributed by atoms with Gasteiger partial charge in [-0.05, 0) is 45.4 Å². The highest BCUT2D eigenvalue weighted by Crippen LogP contribution is 2.29. The van der Waals surface area contributed by atoms with Crippen molar-refractivity contribution in [1.82, 2.24) is 15.1 Å². The van der Waals surface area contributed by atoms with E-state index in [0.29, 0.717) is 18.1 Å². The summed E-state index contributed by atoms with van der Waals surface area (Å²) in [5.74, 6) is -0.341. The zero-order valence-corrected chi connectivity index (χ0v) is 14.7. The van der Waals surface area contributed by atoms with Gasteiger partial charge in [0.2, 0.25) is 0 Å². The molecule has 1 aromatic heterocycles. The summed E-state index contributed by atoms with van der Waals surface area (Å²) < 4.78 is 15.0. The molecule has 0 aliphatic heterocycles. The molecular formula is C17H23ClFN3O. The number of nitrogens with one attached hydrogen (secondary N) is 1. The molecule has 0 aliphatic rings. The van der Waals surface area contributed by atoms with Crippen molar-refractivity contribution in [1.29, 1.82) is 0 Å². The van der Waals surface area contributed by atoms with Crippen LogP contribution >= 0.6 is 11.6 Å². The van der Waals surface area contributed by atoms with Gasteiger partial charge in [-0.3, -0.25) is 4.68 Å². The fourth-order valence-electron chi connectivity index (χ4n) is 2.70. The minimum Gasteiger partial charge on any atom is -0.394 e. The topological polar surface area (TPSA) is 50.1 Å². The number of rotatable bonds is 6. The number of aliphatic hydroxyl groups is 1. The molecule has 0 saturated carbocycles. The Bertz CT molecular complexity index is 697. The van der Waals surface area contributed by atoms with Crippen molar-refractivity contribution in [2.75, 3.05) is 6.61 Å². The van der Waals surface area contributed by atoms with Gasteiger partial charge in [-0.1, -0.05) is 17.7 Å². The predicted molar refractivity (Wildman–Crippen MR) is 90.1 cm³/mol. The summed E-state index contributed by atoms with van der Waals surface area (Å²) in [6, 6.07) is 4.45. The molecule has 0 bridgehead atoms. The lowest BCUT2D eigenvalue weighted by Gasteiger charge is -2.28. The molecule has 1 heterocycles. The van der Waals surface area contributed by atoms with Gasteiger partial charge in [-0.25, -0.2) is 4.39 Å². The second-order valence-corrected chi connectivity index (χ2v) is 6.61. The van der Waals surface area contributed by atoms with Crippen molar-refractivity contribution < 1.29 is 9.50 Å². The monoisotopic (exact) mass is 339 g/mol. The van der Waals surface area contributed by atoms with E-state index in [1.807, 2.05) is 32.4 Å². The predicted octanol–water partition coefficient (Wildman–Crippen LogP) is 3.31. The lowest BCUT2D eigenvalue weighted by atomic mass is 9.93. The summed E-state index contributed by atoms with van der Waals surface area (Å²) in [4.78, 5) is 0. The van der Waals surface area contributed by atoms with Crippen LogP contribution in [0.2, 0.25) is 5.02 Å². The van der Waals surface area contributed by atoms with Crippen molar-refractivity contribution >= 4 is 11.6 Å². The van der Waals surface area contributed by atoms with Crippen LogP contribution in [-0.2, 0) is 18.6 Å². The minimum atomic E-state index is -0.414. The highest BCUT2D eigenvalue weighted by Gasteiger charge is 2.24. The number of aliphatic hydroxyl groups excluding tert-OH is 1. The smallest absolute Gasteiger partial charge is 0.124 e. The normalized spacial score (nSPS) is 12.0. The Kier molecular flexibility index (Phi) is 5.45. The van der Waals surface area contributed by atoms with E-state index in [1.54, 1.807) is 6.07 Å². The maximum absolute atomic E-state index is 13.2. The molecule has 0 saturated heterocycles. The fraction of sp³-hybridized carbons (Fsp3) is 0.471. The standard InChI is InChI=1S/C17H23ClFN3O/c1-11-14(12(2)22(21-11)7-8-23)10-20-17(3,4)15-6-5-13(19)9-16(15)18/h5-6,9,20,23H,7-8,10H2,1-4H3. The van der Waals surface area contributed by atoms with Crippen molar-refractivity contribution in [3.63, 3.8) is 0 Å². The number of hydrogen-bond acceptors (Lipinski definition) is 3. The van der Waals surface area contributed by atoms with E-state index in [-0.39, 0.29) is 12.4 Å². The van der Waals surface area contributed by atoms with Gasteiger partial charge in [-0.15, -0.1) is 0 Å². The number of aryl methyl sites for hydroxylation is 1. The van der Waals surface area contributed by atoms with Crippen LogP contribution in [0.1, 0.15) is 36.4 Å². The maximum Gasteiger partial charge on any atom is 0.124 e. The molecule has 2 rings (SSSR count). The fourth-order valence-corrected chi connectivity index (χ4v) is 3.11. The van der Waals surface area contributed by atoms with Gasteiger partial charge in [0.25, 0.3) is 0 Å². The Morgan fingerprint density at radius 3 is 2.65 bits per heavy atom. The molecule has 23 heavy (non-hydrogen) atoms. The molecule has 0 atom stereocenters. The molecule has 0 aliphatic carbocycles. The largest absolute Gasteiger partial charge is 0.394 e. The van der Waals surface area contributed by atoms with E-state index in [0.717, 1.165) is 22.5 Å². The van der Waals surface area contributed by atoms with Crippen LogP contribution in [0.4, 0.5) is 4.39 Å². The molecule has 0 amide bonds. The van der Waals surface area contributed by atoms with Crippen molar-refractivity contribution in [3.05, 3.63) is 51.6 Å². The first-order valence-corrected chi connectivity index (χ1v) is 7.98. The Morgan fingerprint density at radius 1 is 1.35 bits per heavy atom. The SMILES string of the molecule is Cc1nn(CCO)c(C)c1CNC(C)(C)c1ccc(F)cc1Cl. The summed E-state index contributed by atoms with van der Waals surface area (Å²) in [6.07, 6.45) is 0. The minimum absolute atomic E-state index is 0.0610. The van der Waals surface area contributed by atoms with Crippen LogP contribution in [-0.4, -0.2) is 21.5 Å². The maximum atomic E-state index is 13.2. The van der Waals surface area contributed by atoms with Gasteiger partial charge in [-0.2, -0.15) is 5.10 Å². The van der Waals surface area contributed by atoms with Gasteiger partial charge in [0.15, 0.2) is 0 Å². The van der Waals surface area contributed by atoms with E-state index in [1.165, 1.54) is 12.1 Å². The second-order valence-electron chi connectivity index (χ2n) is 6.20. The molecule has 0 unspecified atom stereocenters. The average molecular weight is 340 g/mol. The molecule has 1 aromatic carbocycles. The lowest BCUT2D eigenvalue weighted by molar-refractivity contribution is 0.267. The lowest BCUT2D eigenvalue weighted by Crippen LogP contribution is -2.36. The van der Waals surface area contributed by atoms with Gasteiger partial charge >= 0.3 is 0 Å². The Balaban J connectivity index is 2.19. The zero-order valence-electron chi connectivity index (χ0n) is 14.0. The van der Waals surface area contributed by atoms with Crippen molar-refractivity contribution in [3.8, 4) is 0 Å². The summed E-state index contributed by atoms with van der Waals surface area (Å²) >= 11 is 6.18. The first kappa shape index (κ1) is 17.9. The molecule has 4 nitrogen and oxygen atoms in total. The molecule has 2 N–H and O–H groups in total. The van der Waals surface area contributed by atoms with E-state index in [9.17, 15) is 4.39 Å². The number of nitrogens with zero attached hydrogens (tertiary/aromatic N) is 2. The van der Waals surface area contributed by atoms with Crippen molar-refractivity contribution in [2.24, 2.45) is 0 Å². The van der Waals surface area contributed by atoms with Gasteiger partial charge in [0.1, 0.15) is 5.82 Å². The Morgan fingerprint density at radius 2 is 2.04 bits per heavy atom. The van der Waals surface area contributed by atoms with Crippen LogP contribution in [0.25, 0.3) is 0 Å². The Hall–Kier alpha value is -1.43. The van der Waals surface area contributed by atoms with E-state index in [4.69, 9.17) is 16.7 Å². The third kappa shape index (κ3) is 3.91. The quantitative estimate of drug-likeness (QED) is 0.849. The number of hydrogen-bond donors (Lipinski definition) is 2. The van der Waals surface area contributed by atoms with Crippen LogP contribution in [0, 0.1) is 19.7 Å². The summed E-state index contributed by atoms with van der Waals surface area (Å²) in [5.41, 5.74) is 3.50. The first-order chi connectivity index (χ1) is 10.8. The van der Waals surface area contributed by atoms with Gasteiger partial charge < -0.3 is 10.4 Å². The number of benzene rings is 1. The highest BCUT2D eigenvalue weighted by molar-refractivity contribution is 6.31. The molecule has 0 spiro atoms. The molecule has 0 fully saturated rings. The van der Waals surface area contributed by atoms with Crippen LogP contribution in [0.15, 0.2) is 18.2 Å². The molecule has 6 heteroatoms. The Labute approximate surface area is 141 Å². The van der Waals surface area contributed by atoms with Gasteiger partial charge in [0.05, 0.1) is 18.8 Å². The molecule has 0 radical (unpaired) electrons. The zero-order chi connectivity index (χ0) is 17.2. The third-order valence-electron chi connectivity index (χ3n) is 4.15.